The molecule has 1 saturated heterocycles. The molecule has 1 fully saturated rings. The van der Waals surface area contributed by atoms with Crippen molar-refractivity contribution in [1.82, 2.24) is 9.80 Å². The summed E-state index contributed by atoms with van der Waals surface area (Å²) in [6, 6.07) is 18.5. The highest BCUT2D eigenvalue weighted by Gasteiger charge is 2.26. The lowest BCUT2D eigenvalue weighted by atomic mass is 9.99. The van der Waals surface area contributed by atoms with Crippen LogP contribution in [0.15, 0.2) is 48.5 Å². The Morgan fingerprint density at radius 2 is 0.941 bits per heavy atom. The molecule has 0 N–H and O–H groups in total. The summed E-state index contributed by atoms with van der Waals surface area (Å²) >= 11 is 0. The molecule has 1 aliphatic rings. The van der Waals surface area contributed by atoms with Crippen LogP contribution in [0.5, 0.6) is 11.5 Å². The molecule has 0 aromatic heterocycles. The monoisotopic (exact) mass is 598 g/mol. The van der Waals surface area contributed by atoms with Crippen LogP contribution in [0.1, 0.15) is 50.7 Å². The van der Waals surface area contributed by atoms with Gasteiger partial charge in [-0.15, -0.1) is 34.0 Å². The summed E-state index contributed by atoms with van der Waals surface area (Å²) in [6.07, 6.45) is 7.20. The zero-order valence-electron chi connectivity index (χ0n) is 21.4. The number of benzene rings is 2. The second kappa shape index (κ2) is 16.6. The summed E-state index contributed by atoms with van der Waals surface area (Å²) in [7, 11) is 3.45. The molecule has 0 bridgehead atoms. The van der Waals surface area contributed by atoms with Crippen molar-refractivity contribution in [2.24, 2.45) is 0 Å². The van der Waals surface area contributed by atoms with Crippen molar-refractivity contribution in [3.63, 3.8) is 0 Å². The number of hydrogen-bond donors (Lipinski definition) is 0. The van der Waals surface area contributed by atoms with Gasteiger partial charge in [-0.25, -0.2) is 0 Å². The number of rotatable bonds is 12. The summed E-state index contributed by atoms with van der Waals surface area (Å²) in [5.41, 5.74) is 2.82. The summed E-state index contributed by atoms with van der Waals surface area (Å²) in [6.45, 7) is 9.46. The third kappa shape index (κ3) is 9.18. The SMILES string of the molecule is Br.Br.CCC(CCc1ccc(OC)cc1)N1CCN(C(CC)CCc2ccc(OC)cc2)CC1. The zero-order chi connectivity index (χ0) is 22.8. The smallest absolute Gasteiger partial charge is 0.118 e. The van der Waals surface area contributed by atoms with Crippen LogP contribution in [0.3, 0.4) is 0 Å². The Labute approximate surface area is 228 Å². The lowest BCUT2D eigenvalue weighted by Gasteiger charge is -2.42. The molecule has 1 aliphatic heterocycles. The van der Waals surface area contributed by atoms with Gasteiger partial charge in [-0.1, -0.05) is 38.1 Å². The van der Waals surface area contributed by atoms with Crippen LogP contribution in [-0.4, -0.2) is 62.3 Å². The molecule has 2 atom stereocenters. The van der Waals surface area contributed by atoms with E-state index in [1.165, 1.54) is 63.0 Å². The molecule has 2 aromatic carbocycles. The van der Waals surface area contributed by atoms with Crippen molar-refractivity contribution in [3.05, 3.63) is 59.7 Å². The van der Waals surface area contributed by atoms with Crippen LogP contribution in [0, 0.1) is 0 Å². The maximum atomic E-state index is 5.28. The van der Waals surface area contributed by atoms with Gasteiger partial charge in [-0.3, -0.25) is 9.80 Å². The van der Waals surface area contributed by atoms with Gasteiger partial charge in [0, 0.05) is 38.3 Å². The van der Waals surface area contributed by atoms with Crippen molar-refractivity contribution >= 4 is 34.0 Å². The maximum absolute atomic E-state index is 5.28. The molecule has 34 heavy (non-hydrogen) atoms. The predicted molar refractivity (Wildman–Crippen MR) is 155 cm³/mol. The van der Waals surface area contributed by atoms with Crippen LogP contribution in [0.4, 0.5) is 0 Å². The number of methoxy groups -OCH3 is 2. The Morgan fingerprint density at radius 1 is 0.618 bits per heavy atom. The molecule has 4 nitrogen and oxygen atoms in total. The van der Waals surface area contributed by atoms with Gasteiger partial charge in [0.2, 0.25) is 0 Å². The maximum Gasteiger partial charge on any atom is 0.118 e. The van der Waals surface area contributed by atoms with E-state index in [2.05, 4.69) is 72.2 Å². The van der Waals surface area contributed by atoms with Gasteiger partial charge in [0.15, 0.2) is 0 Å². The van der Waals surface area contributed by atoms with Crippen molar-refractivity contribution < 1.29 is 9.47 Å². The summed E-state index contributed by atoms with van der Waals surface area (Å²) in [5.74, 6) is 1.88. The van der Waals surface area contributed by atoms with Crippen LogP contribution >= 0.6 is 34.0 Å². The number of halogens is 2. The summed E-state index contributed by atoms with van der Waals surface area (Å²) in [4.78, 5) is 5.46. The van der Waals surface area contributed by atoms with E-state index >= 15 is 0 Å². The van der Waals surface area contributed by atoms with Crippen LogP contribution < -0.4 is 9.47 Å². The Hall–Kier alpha value is -1.08. The molecular weight excluding hydrogens is 556 g/mol. The van der Waals surface area contributed by atoms with Crippen molar-refractivity contribution in [1.29, 1.82) is 0 Å². The van der Waals surface area contributed by atoms with E-state index in [-0.39, 0.29) is 34.0 Å². The number of ether oxygens (including phenoxy) is 2. The van der Waals surface area contributed by atoms with Gasteiger partial charge in [0.1, 0.15) is 11.5 Å². The third-order valence-corrected chi connectivity index (χ3v) is 7.17. The van der Waals surface area contributed by atoms with E-state index < -0.39 is 0 Å². The molecule has 0 amide bonds. The number of aryl methyl sites for hydroxylation is 2. The van der Waals surface area contributed by atoms with E-state index in [0.717, 1.165) is 24.3 Å². The highest BCUT2D eigenvalue weighted by atomic mass is 79.9. The average Bonchev–Trinajstić information content (AvgIpc) is 2.86. The Morgan fingerprint density at radius 3 is 1.21 bits per heavy atom. The molecule has 0 spiro atoms. The minimum atomic E-state index is 0. The van der Waals surface area contributed by atoms with Gasteiger partial charge in [-0.2, -0.15) is 0 Å². The standard InChI is InChI=1S/C28H42N2O2.2BrH/c1-5-25(13-7-23-9-15-27(31-3)16-10-23)29-19-21-30(22-20-29)26(6-2)14-8-24-11-17-28(32-4)18-12-24;;/h9-12,15-18,25-26H,5-8,13-14,19-22H2,1-4H3;2*1H. The number of hydrogen-bond acceptors (Lipinski definition) is 4. The fourth-order valence-corrected chi connectivity index (χ4v) is 5.01. The van der Waals surface area contributed by atoms with Gasteiger partial charge < -0.3 is 9.47 Å². The highest BCUT2D eigenvalue weighted by Crippen LogP contribution is 2.21. The first-order valence-electron chi connectivity index (χ1n) is 12.4. The average molecular weight is 600 g/mol. The zero-order valence-corrected chi connectivity index (χ0v) is 24.8. The lowest BCUT2D eigenvalue weighted by molar-refractivity contribution is 0.0609. The molecule has 2 aromatic rings. The largest absolute Gasteiger partial charge is 0.497 e. The highest BCUT2D eigenvalue weighted by molar-refractivity contribution is 8.93. The fraction of sp³-hybridized carbons (Fsp3) is 0.571. The van der Waals surface area contributed by atoms with E-state index in [0.29, 0.717) is 12.1 Å². The Balaban J connectivity index is 0.00000289. The Bertz CT molecular complexity index is 710. The normalized spacial score (nSPS) is 16.1. The van der Waals surface area contributed by atoms with E-state index in [9.17, 15) is 0 Å². The van der Waals surface area contributed by atoms with E-state index in [1.807, 2.05) is 0 Å². The van der Waals surface area contributed by atoms with E-state index in [4.69, 9.17) is 9.47 Å². The van der Waals surface area contributed by atoms with Crippen molar-refractivity contribution in [3.8, 4) is 11.5 Å². The molecule has 0 radical (unpaired) electrons. The molecule has 3 rings (SSSR count). The first-order chi connectivity index (χ1) is 15.7. The molecule has 6 heteroatoms. The predicted octanol–water partition coefficient (Wildman–Crippen LogP) is 6.60. The molecule has 2 unspecified atom stereocenters. The number of nitrogens with zero attached hydrogens (tertiary/aromatic N) is 2. The molecule has 0 aliphatic carbocycles. The van der Waals surface area contributed by atoms with Gasteiger partial charge in [0.05, 0.1) is 14.2 Å². The van der Waals surface area contributed by atoms with Crippen molar-refractivity contribution in [2.45, 2.75) is 64.5 Å². The van der Waals surface area contributed by atoms with Gasteiger partial charge in [-0.05, 0) is 73.9 Å². The fourth-order valence-electron chi connectivity index (χ4n) is 5.01. The van der Waals surface area contributed by atoms with Gasteiger partial charge >= 0.3 is 0 Å². The first-order valence-corrected chi connectivity index (χ1v) is 12.4. The molecule has 0 saturated carbocycles. The van der Waals surface area contributed by atoms with Crippen molar-refractivity contribution in [2.75, 3.05) is 40.4 Å². The summed E-state index contributed by atoms with van der Waals surface area (Å²) in [5, 5.41) is 0. The van der Waals surface area contributed by atoms with E-state index in [1.54, 1.807) is 14.2 Å². The topological polar surface area (TPSA) is 24.9 Å². The Kier molecular flexibility index (Phi) is 15.1. The minimum absolute atomic E-state index is 0. The molecule has 192 valence electrons. The second-order valence-electron chi connectivity index (χ2n) is 8.97. The third-order valence-electron chi connectivity index (χ3n) is 7.17. The quantitative estimate of drug-likeness (QED) is 0.274. The second-order valence-corrected chi connectivity index (χ2v) is 8.97. The molecule has 1 heterocycles. The molecular formula is C28H44Br2N2O2. The minimum Gasteiger partial charge on any atom is -0.497 e. The number of piperazine rings is 1. The lowest BCUT2D eigenvalue weighted by Crippen LogP contribution is -2.53. The summed E-state index contributed by atoms with van der Waals surface area (Å²) < 4.78 is 10.6. The van der Waals surface area contributed by atoms with Crippen LogP contribution in [0.2, 0.25) is 0 Å². The first kappa shape index (κ1) is 31.0. The van der Waals surface area contributed by atoms with Crippen LogP contribution in [-0.2, 0) is 12.8 Å². The van der Waals surface area contributed by atoms with Crippen LogP contribution in [0.25, 0.3) is 0 Å². The van der Waals surface area contributed by atoms with Gasteiger partial charge in [0.25, 0.3) is 0 Å².